The van der Waals surface area contributed by atoms with Crippen LogP contribution in [0.3, 0.4) is 0 Å². The molecule has 2 heterocycles. The van der Waals surface area contributed by atoms with Crippen molar-refractivity contribution in [2.75, 3.05) is 20.1 Å². The number of aromatic nitrogens is 2. The lowest BCUT2D eigenvalue weighted by molar-refractivity contribution is -0.121. The minimum Gasteiger partial charge on any atom is -0.355 e. The lowest BCUT2D eigenvalue weighted by atomic mass is 10.4. The quantitative estimate of drug-likeness (QED) is 0.857. The van der Waals surface area contributed by atoms with Crippen molar-refractivity contribution in [3.63, 3.8) is 0 Å². The number of carbonyl (C=O) groups excluding carboxylic acids is 1. The Morgan fingerprint density at radius 3 is 3.05 bits per heavy atom. The highest BCUT2D eigenvalue weighted by molar-refractivity contribution is 7.16. The summed E-state index contributed by atoms with van der Waals surface area (Å²) in [6.07, 6.45) is 0. The molecular formula is C12H15ClN4OS. The average Bonchev–Trinajstić information content (AvgIpc) is 2.77. The number of nitrogens with one attached hydrogen (secondary N) is 1. The minimum atomic E-state index is -0.00620. The largest absolute Gasteiger partial charge is 0.355 e. The van der Waals surface area contributed by atoms with Gasteiger partial charge in [0.1, 0.15) is 15.8 Å². The molecule has 0 aliphatic heterocycles. The van der Waals surface area contributed by atoms with Crippen LogP contribution in [0.15, 0.2) is 11.4 Å². The first-order valence-electron chi connectivity index (χ1n) is 5.95. The Morgan fingerprint density at radius 1 is 1.53 bits per heavy atom. The number of hydrogen-bond acceptors (Lipinski definition) is 5. The van der Waals surface area contributed by atoms with E-state index >= 15 is 0 Å². The Bertz CT molecular complexity index is 586. The van der Waals surface area contributed by atoms with Crippen molar-refractivity contribution in [3.8, 4) is 0 Å². The molecule has 0 saturated heterocycles. The molecule has 2 rings (SSSR count). The second-order valence-electron chi connectivity index (χ2n) is 4.20. The second-order valence-corrected chi connectivity index (χ2v) is 5.45. The maximum absolute atomic E-state index is 11.5. The van der Waals surface area contributed by atoms with E-state index in [1.54, 1.807) is 0 Å². The first-order chi connectivity index (χ1) is 9.10. The highest BCUT2D eigenvalue weighted by Gasteiger charge is 2.11. The molecule has 0 unspecified atom stereocenters. The first kappa shape index (κ1) is 14.2. The fourth-order valence-corrected chi connectivity index (χ4v) is 2.82. The third kappa shape index (κ3) is 3.62. The summed E-state index contributed by atoms with van der Waals surface area (Å²) in [6, 6.07) is 1.91. The molecule has 0 atom stereocenters. The van der Waals surface area contributed by atoms with Gasteiger partial charge in [0.25, 0.3) is 0 Å². The normalized spacial score (nSPS) is 11.2. The van der Waals surface area contributed by atoms with E-state index in [9.17, 15) is 4.79 Å². The zero-order valence-corrected chi connectivity index (χ0v) is 12.4. The fraction of sp³-hybridized carbons (Fsp3) is 0.417. The van der Waals surface area contributed by atoms with Gasteiger partial charge in [0.2, 0.25) is 5.91 Å². The number of fused-ring (bicyclic) bond motifs is 1. The molecule has 2 aromatic heterocycles. The summed E-state index contributed by atoms with van der Waals surface area (Å²) in [6.45, 7) is 3.34. The molecule has 5 nitrogen and oxygen atoms in total. The maximum atomic E-state index is 11.5. The van der Waals surface area contributed by atoms with Crippen molar-refractivity contribution in [3.05, 3.63) is 22.4 Å². The summed E-state index contributed by atoms with van der Waals surface area (Å²) >= 11 is 7.63. The van der Waals surface area contributed by atoms with Crippen LogP contribution >= 0.6 is 22.9 Å². The van der Waals surface area contributed by atoms with Crippen LogP contribution in [-0.2, 0) is 11.3 Å². The van der Waals surface area contributed by atoms with Gasteiger partial charge in [0.05, 0.1) is 13.1 Å². The van der Waals surface area contributed by atoms with E-state index in [1.165, 1.54) is 11.3 Å². The minimum absolute atomic E-state index is 0.00620. The molecule has 0 fully saturated rings. The van der Waals surface area contributed by atoms with Gasteiger partial charge in [-0.2, -0.15) is 0 Å². The lowest BCUT2D eigenvalue weighted by Crippen LogP contribution is -2.34. The summed E-state index contributed by atoms with van der Waals surface area (Å²) < 4.78 is 0. The standard InChI is InChI=1S/C12H15ClN4OS/c1-3-14-10(18)7-17(2)6-9-15-11(13)8-4-5-19-12(8)16-9/h4-5H,3,6-7H2,1-2H3,(H,14,18). The molecular weight excluding hydrogens is 284 g/mol. The van der Waals surface area contributed by atoms with Crippen molar-refractivity contribution in [1.82, 2.24) is 20.2 Å². The molecule has 1 amide bonds. The van der Waals surface area contributed by atoms with Crippen LogP contribution in [0, 0.1) is 0 Å². The van der Waals surface area contributed by atoms with Crippen LogP contribution in [0.1, 0.15) is 12.7 Å². The Balaban J connectivity index is 2.06. The van der Waals surface area contributed by atoms with Crippen LogP contribution < -0.4 is 5.32 Å². The zero-order chi connectivity index (χ0) is 13.8. The monoisotopic (exact) mass is 298 g/mol. The zero-order valence-electron chi connectivity index (χ0n) is 10.8. The molecule has 0 spiro atoms. The number of thiophene rings is 1. The molecule has 7 heteroatoms. The topological polar surface area (TPSA) is 58.1 Å². The average molecular weight is 299 g/mol. The Morgan fingerprint density at radius 2 is 2.32 bits per heavy atom. The van der Waals surface area contributed by atoms with Crippen LogP contribution in [0.25, 0.3) is 10.2 Å². The number of likely N-dealkylation sites (N-methyl/N-ethyl adjacent to an activating group) is 2. The first-order valence-corrected chi connectivity index (χ1v) is 7.20. The van der Waals surface area contributed by atoms with E-state index in [4.69, 9.17) is 11.6 Å². The Labute approximate surface area is 120 Å². The SMILES string of the molecule is CCNC(=O)CN(C)Cc1nc(Cl)c2ccsc2n1. The molecule has 0 aliphatic carbocycles. The van der Waals surface area contributed by atoms with Gasteiger partial charge < -0.3 is 5.32 Å². The van der Waals surface area contributed by atoms with Gasteiger partial charge in [0, 0.05) is 11.9 Å². The number of carbonyl (C=O) groups is 1. The van der Waals surface area contributed by atoms with Gasteiger partial charge in [-0.1, -0.05) is 11.6 Å². The van der Waals surface area contributed by atoms with E-state index in [0.717, 1.165) is 10.2 Å². The molecule has 19 heavy (non-hydrogen) atoms. The van der Waals surface area contributed by atoms with Crippen LogP contribution in [-0.4, -0.2) is 40.9 Å². The van der Waals surface area contributed by atoms with Crippen molar-refractivity contribution in [2.24, 2.45) is 0 Å². The maximum Gasteiger partial charge on any atom is 0.234 e. The highest BCUT2D eigenvalue weighted by Crippen LogP contribution is 2.24. The third-order valence-corrected chi connectivity index (χ3v) is 3.62. The van der Waals surface area contributed by atoms with Gasteiger partial charge in [-0.05, 0) is 25.4 Å². The van der Waals surface area contributed by atoms with E-state index < -0.39 is 0 Å². The molecule has 0 aliphatic rings. The van der Waals surface area contributed by atoms with Gasteiger partial charge in [-0.15, -0.1) is 11.3 Å². The van der Waals surface area contributed by atoms with Crippen molar-refractivity contribution in [2.45, 2.75) is 13.5 Å². The van der Waals surface area contributed by atoms with E-state index in [0.29, 0.717) is 30.6 Å². The highest BCUT2D eigenvalue weighted by atomic mass is 35.5. The van der Waals surface area contributed by atoms with Gasteiger partial charge >= 0.3 is 0 Å². The number of rotatable bonds is 5. The smallest absolute Gasteiger partial charge is 0.234 e. The van der Waals surface area contributed by atoms with Crippen LogP contribution in [0.2, 0.25) is 5.15 Å². The lowest BCUT2D eigenvalue weighted by Gasteiger charge is -2.15. The van der Waals surface area contributed by atoms with E-state index in [2.05, 4.69) is 15.3 Å². The van der Waals surface area contributed by atoms with Crippen molar-refractivity contribution < 1.29 is 4.79 Å². The molecule has 0 radical (unpaired) electrons. The van der Waals surface area contributed by atoms with Crippen LogP contribution in [0.5, 0.6) is 0 Å². The predicted molar refractivity (Wildman–Crippen MR) is 77.4 cm³/mol. The van der Waals surface area contributed by atoms with Gasteiger partial charge in [0.15, 0.2) is 0 Å². The van der Waals surface area contributed by atoms with E-state index in [-0.39, 0.29) is 5.91 Å². The summed E-state index contributed by atoms with van der Waals surface area (Å²) in [5, 5.41) is 6.03. The predicted octanol–water partition coefficient (Wildman–Crippen LogP) is 1.91. The molecule has 102 valence electrons. The molecule has 1 N–H and O–H groups in total. The summed E-state index contributed by atoms with van der Waals surface area (Å²) in [5.41, 5.74) is 0. The number of nitrogens with zero attached hydrogens (tertiary/aromatic N) is 3. The molecule has 2 aromatic rings. The number of halogens is 1. The Kier molecular flexibility index (Phi) is 4.68. The van der Waals surface area contributed by atoms with Crippen molar-refractivity contribution >= 4 is 39.1 Å². The summed E-state index contributed by atoms with van der Waals surface area (Å²) in [7, 11) is 1.85. The number of amides is 1. The molecule has 0 bridgehead atoms. The third-order valence-electron chi connectivity index (χ3n) is 2.52. The summed E-state index contributed by atoms with van der Waals surface area (Å²) in [4.78, 5) is 22.9. The van der Waals surface area contributed by atoms with Gasteiger partial charge in [-0.25, -0.2) is 9.97 Å². The molecule has 0 saturated carbocycles. The van der Waals surface area contributed by atoms with Crippen molar-refractivity contribution in [1.29, 1.82) is 0 Å². The van der Waals surface area contributed by atoms with E-state index in [1.807, 2.05) is 30.3 Å². The summed E-state index contributed by atoms with van der Waals surface area (Å²) in [5.74, 6) is 0.625. The Hall–Kier alpha value is -1.24. The second kappa shape index (κ2) is 6.27. The number of hydrogen-bond donors (Lipinski definition) is 1. The molecule has 0 aromatic carbocycles. The van der Waals surface area contributed by atoms with Crippen LogP contribution in [0.4, 0.5) is 0 Å². The fourth-order valence-electron chi connectivity index (χ4n) is 1.73. The van der Waals surface area contributed by atoms with Gasteiger partial charge in [-0.3, -0.25) is 9.69 Å².